The first-order chi connectivity index (χ1) is 11.1. The van der Waals surface area contributed by atoms with Gasteiger partial charge in [-0.25, -0.2) is 0 Å². The van der Waals surface area contributed by atoms with Crippen molar-refractivity contribution in [3.63, 3.8) is 0 Å². The molecule has 0 bridgehead atoms. The first kappa shape index (κ1) is 23.7. The zero-order valence-corrected chi connectivity index (χ0v) is 18.7. The minimum Gasteiger partial charge on any atom is -0.396 e. The van der Waals surface area contributed by atoms with Gasteiger partial charge in [0, 0.05) is 38.2 Å². The van der Waals surface area contributed by atoms with Crippen LogP contribution in [-0.2, 0) is 6.42 Å². The van der Waals surface area contributed by atoms with E-state index in [1.807, 2.05) is 0 Å². The van der Waals surface area contributed by atoms with E-state index >= 15 is 0 Å². The van der Waals surface area contributed by atoms with E-state index in [9.17, 15) is 5.11 Å². The Kier molecular flexibility index (Phi) is 12.8. The standard InChI is InChI=1S/C18H33N3OS.HI/c1-5-18(6-2,11-13-22)15-20-17(19-7-3)21(4)12-10-16-9-8-14-23-16;/h8-9,14,22H,5-7,10-13,15H2,1-4H3,(H,19,20);1H. The summed E-state index contributed by atoms with van der Waals surface area (Å²) < 4.78 is 0. The summed E-state index contributed by atoms with van der Waals surface area (Å²) in [5.74, 6) is 0.966. The molecule has 0 aromatic carbocycles. The highest BCUT2D eigenvalue weighted by molar-refractivity contribution is 14.0. The van der Waals surface area contributed by atoms with E-state index in [0.29, 0.717) is 0 Å². The van der Waals surface area contributed by atoms with E-state index in [1.54, 1.807) is 11.3 Å². The fourth-order valence-corrected chi connectivity index (χ4v) is 3.39. The fraction of sp³-hybridized carbons (Fsp3) is 0.722. The lowest BCUT2D eigenvalue weighted by Gasteiger charge is -2.30. The number of nitrogens with one attached hydrogen (secondary N) is 1. The van der Waals surface area contributed by atoms with Crippen LogP contribution in [0.4, 0.5) is 0 Å². The summed E-state index contributed by atoms with van der Waals surface area (Å²) in [4.78, 5) is 8.48. The quantitative estimate of drug-likeness (QED) is 0.311. The second kappa shape index (κ2) is 12.9. The predicted molar refractivity (Wildman–Crippen MR) is 117 cm³/mol. The maximum atomic E-state index is 9.36. The van der Waals surface area contributed by atoms with Crippen LogP contribution in [0.3, 0.4) is 0 Å². The summed E-state index contributed by atoms with van der Waals surface area (Å²) in [5, 5.41) is 14.9. The molecule has 0 radical (unpaired) electrons. The van der Waals surface area contributed by atoms with Gasteiger partial charge in [0.1, 0.15) is 0 Å². The van der Waals surface area contributed by atoms with Crippen LogP contribution in [0.25, 0.3) is 0 Å². The molecule has 140 valence electrons. The SMILES string of the molecule is CCNC(=NCC(CC)(CC)CCO)N(C)CCc1cccs1.I. The lowest BCUT2D eigenvalue weighted by Crippen LogP contribution is -2.41. The lowest BCUT2D eigenvalue weighted by atomic mass is 9.79. The number of hydrogen-bond acceptors (Lipinski definition) is 3. The number of rotatable bonds is 10. The molecule has 0 saturated heterocycles. The molecule has 1 aromatic rings. The van der Waals surface area contributed by atoms with Crippen molar-refractivity contribution in [3.8, 4) is 0 Å². The van der Waals surface area contributed by atoms with Crippen molar-refractivity contribution < 1.29 is 5.11 Å². The summed E-state index contributed by atoms with van der Waals surface area (Å²) in [6.45, 7) is 9.33. The normalized spacial score (nSPS) is 12.0. The van der Waals surface area contributed by atoms with Crippen molar-refractivity contribution in [2.45, 2.75) is 46.5 Å². The van der Waals surface area contributed by atoms with Crippen molar-refractivity contribution in [2.75, 3.05) is 33.3 Å². The molecule has 6 heteroatoms. The maximum absolute atomic E-state index is 9.36. The van der Waals surface area contributed by atoms with E-state index in [4.69, 9.17) is 4.99 Å². The Morgan fingerprint density at radius 1 is 1.33 bits per heavy atom. The Morgan fingerprint density at radius 3 is 2.54 bits per heavy atom. The second-order valence-electron chi connectivity index (χ2n) is 6.10. The third-order valence-corrected chi connectivity index (χ3v) is 5.61. The van der Waals surface area contributed by atoms with Crippen LogP contribution < -0.4 is 5.32 Å². The van der Waals surface area contributed by atoms with Crippen molar-refractivity contribution in [2.24, 2.45) is 10.4 Å². The number of likely N-dealkylation sites (N-methyl/N-ethyl adjacent to an activating group) is 1. The topological polar surface area (TPSA) is 47.9 Å². The monoisotopic (exact) mass is 467 g/mol. The molecule has 1 rings (SSSR count). The van der Waals surface area contributed by atoms with Gasteiger partial charge in [-0.15, -0.1) is 35.3 Å². The van der Waals surface area contributed by atoms with E-state index in [-0.39, 0.29) is 36.0 Å². The molecule has 1 heterocycles. The molecule has 0 saturated carbocycles. The van der Waals surface area contributed by atoms with Gasteiger partial charge in [0.05, 0.1) is 0 Å². The van der Waals surface area contributed by atoms with Crippen LogP contribution in [0, 0.1) is 5.41 Å². The minimum atomic E-state index is 0. The van der Waals surface area contributed by atoms with Crippen LogP contribution in [-0.4, -0.2) is 49.3 Å². The molecule has 1 aromatic heterocycles. The van der Waals surface area contributed by atoms with Gasteiger partial charge in [0.15, 0.2) is 5.96 Å². The molecule has 0 spiro atoms. The van der Waals surface area contributed by atoms with Gasteiger partial charge < -0.3 is 15.3 Å². The van der Waals surface area contributed by atoms with Gasteiger partial charge in [-0.3, -0.25) is 4.99 Å². The molecule has 0 aliphatic rings. The highest BCUT2D eigenvalue weighted by Crippen LogP contribution is 2.30. The van der Waals surface area contributed by atoms with Crippen molar-refractivity contribution >= 4 is 41.3 Å². The van der Waals surface area contributed by atoms with Crippen LogP contribution in [0.15, 0.2) is 22.5 Å². The molecular weight excluding hydrogens is 433 g/mol. The van der Waals surface area contributed by atoms with E-state index in [2.05, 4.69) is 55.5 Å². The largest absolute Gasteiger partial charge is 0.396 e. The van der Waals surface area contributed by atoms with Crippen molar-refractivity contribution in [1.29, 1.82) is 0 Å². The minimum absolute atomic E-state index is 0. The average molecular weight is 467 g/mol. The van der Waals surface area contributed by atoms with Crippen LogP contribution in [0.1, 0.15) is 44.9 Å². The molecule has 0 aliphatic heterocycles. The number of hydrogen-bond donors (Lipinski definition) is 2. The number of thiophene rings is 1. The van der Waals surface area contributed by atoms with Crippen molar-refractivity contribution in [3.05, 3.63) is 22.4 Å². The Morgan fingerprint density at radius 2 is 2.04 bits per heavy atom. The van der Waals surface area contributed by atoms with Gasteiger partial charge in [-0.1, -0.05) is 19.9 Å². The summed E-state index contributed by atoms with van der Waals surface area (Å²) >= 11 is 1.81. The molecular formula is C18H34IN3OS. The molecule has 0 fully saturated rings. The highest BCUT2D eigenvalue weighted by atomic mass is 127. The van der Waals surface area contributed by atoms with Crippen molar-refractivity contribution in [1.82, 2.24) is 10.2 Å². The molecule has 0 aliphatic carbocycles. The summed E-state index contributed by atoms with van der Waals surface area (Å²) in [5.41, 5.74) is 0.115. The van der Waals surface area contributed by atoms with E-state index in [0.717, 1.165) is 51.3 Å². The van der Waals surface area contributed by atoms with Gasteiger partial charge in [-0.05, 0) is 49.5 Å². The molecule has 0 amide bonds. The zero-order chi connectivity index (χ0) is 17.1. The smallest absolute Gasteiger partial charge is 0.193 e. The lowest BCUT2D eigenvalue weighted by molar-refractivity contribution is 0.175. The number of halogens is 1. The van der Waals surface area contributed by atoms with Gasteiger partial charge >= 0.3 is 0 Å². The molecule has 24 heavy (non-hydrogen) atoms. The Balaban J connectivity index is 0.00000529. The molecule has 2 N–H and O–H groups in total. The fourth-order valence-electron chi connectivity index (χ4n) is 2.69. The predicted octanol–water partition coefficient (Wildman–Crippen LogP) is 3.99. The first-order valence-corrected chi connectivity index (χ1v) is 9.61. The summed E-state index contributed by atoms with van der Waals surface area (Å²) in [7, 11) is 2.10. The summed E-state index contributed by atoms with van der Waals surface area (Å²) in [6.07, 6.45) is 3.96. The molecule has 0 unspecified atom stereocenters. The van der Waals surface area contributed by atoms with Gasteiger partial charge in [0.25, 0.3) is 0 Å². The van der Waals surface area contributed by atoms with Crippen LogP contribution in [0.5, 0.6) is 0 Å². The first-order valence-electron chi connectivity index (χ1n) is 8.73. The van der Waals surface area contributed by atoms with Crippen LogP contribution in [0.2, 0.25) is 0 Å². The number of nitrogens with zero attached hydrogens (tertiary/aromatic N) is 2. The number of aliphatic hydroxyl groups excluding tert-OH is 1. The second-order valence-corrected chi connectivity index (χ2v) is 7.13. The van der Waals surface area contributed by atoms with Gasteiger partial charge in [-0.2, -0.15) is 0 Å². The van der Waals surface area contributed by atoms with Crippen LogP contribution >= 0.6 is 35.3 Å². The third-order valence-electron chi connectivity index (χ3n) is 4.68. The number of guanidine groups is 1. The Hall–Kier alpha value is -0.340. The Bertz CT molecular complexity index is 447. The number of aliphatic hydroxyl groups is 1. The summed E-state index contributed by atoms with van der Waals surface area (Å²) in [6, 6.07) is 4.29. The Labute approximate surface area is 168 Å². The maximum Gasteiger partial charge on any atom is 0.193 e. The highest BCUT2D eigenvalue weighted by Gasteiger charge is 2.25. The average Bonchev–Trinajstić information content (AvgIpc) is 3.08. The number of aliphatic imine (C=N–C) groups is 1. The molecule has 4 nitrogen and oxygen atoms in total. The molecule has 0 atom stereocenters. The van der Waals surface area contributed by atoms with Gasteiger partial charge in [0.2, 0.25) is 0 Å². The van der Waals surface area contributed by atoms with E-state index in [1.165, 1.54) is 4.88 Å². The third kappa shape index (κ3) is 7.70. The zero-order valence-electron chi connectivity index (χ0n) is 15.5. The van der Waals surface area contributed by atoms with E-state index < -0.39 is 0 Å².